The third-order valence-corrected chi connectivity index (χ3v) is 2.40. The SMILES string of the molecule is CCCCCCCC=CC=CC(=O)N(C)C. The van der Waals surface area contributed by atoms with E-state index in [9.17, 15) is 4.79 Å². The smallest absolute Gasteiger partial charge is 0.246 e. The molecule has 0 rings (SSSR count). The van der Waals surface area contributed by atoms with E-state index in [1.165, 1.54) is 32.1 Å². The van der Waals surface area contributed by atoms with Gasteiger partial charge in [0, 0.05) is 20.2 Å². The van der Waals surface area contributed by atoms with Gasteiger partial charge < -0.3 is 4.90 Å². The zero-order valence-electron chi connectivity index (χ0n) is 10.9. The van der Waals surface area contributed by atoms with E-state index >= 15 is 0 Å². The summed E-state index contributed by atoms with van der Waals surface area (Å²) in [4.78, 5) is 12.7. The summed E-state index contributed by atoms with van der Waals surface area (Å²) >= 11 is 0. The Labute approximate surface area is 100 Å². The summed E-state index contributed by atoms with van der Waals surface area (Å²) in [5.41, 5.74) is 0. The minimum absolute atomic E-state index is 0.0348. The van der Waals surface area contributed by atoms with E-state index < -0.39 is 0 Å². The first kappa shape index (κ1) is 14.9. The fourth-order valence-electron chi connectivity index (χ4n) is 1.33. The third kappa shape index (κ3) is 9.50. The van der Waals surface area contributed by atoms with Gasteiger partial charge in [-0.15, -0.1) is 0 Å². The van der Waals surface area contributed by atoms with Crippen molar-refractivity contribution in [3.63, 3.8) is 0 Å². The number of likely N-dealkylation sites (N-methyl/N-ethyl adjacent to an activating group) is 1. The molecule has 0 heterocycles. The molecule has 0 bridgehead atoms. The second-order valence-electron chi connectivity index (χ2n) is 4.22. The molecule has 0 saturated heterocycles. The summed E-state index contributed by atoms with van der Waals surface area (Å²) in [6.07, 6.45) is 15.2. The predicted molar refractivity (Wildman–Crippen MR) is 70.4 cm³/mol. The number of carbonyl (C=O) groups is 1. The van der Waals surface area contributed by atoms with Crippen LogP contribution in [-0.2, 0) is 4.79 Å². The highest BCUT2D eigenvalue weighted by molar-refractivity contribution is 5.87. The minimum Gasteiger partial charge on any atom is -0.345 e. The van der Waals surface area contributed by atoms with Crippen LogP contribution in [0.3, 0.4) is 0 Å². The normalized spacial score (nSPS) is 11.4. The van der Waals surface area contributed by atoms with Gasteiger partial charge in [0.25, 0.3) is 0 Å². The predicted octanol–water partition coefficient (Wildman–Crippen LogP) is 3.55. The van der Waals surface area contributed by atoms with Crippen LogP contribution in [0.5, 0.6) is 0 Å². The molecule has 0 aromatic heterocycles. The lowest BCUT2D eigenvalue weighted by atomic mass is 10.1. The molecule has 0 atom stereocenters. The molecular formula is C14H25NO. The van der Waals surface area contributed by atoms with Gasteiger partial charge in [-0.3, -0.25) is 4.79 Å². The van der Waals surface area contributed by atoms with Gasteiger partial charge in [0.1, 0.15) is 0 Å². The minimum atomic E-state index is 0.0348. The van der Waals surface area contributed by atoms with Gasteiger partial charge in [0.15, 0.2) is 0 Å². The first-order valence-corrected chi connectivity index (χ1v) is 6.23. The molecule has 0 unspecified atom stereocenters. The van der Waals surface area contributed by atoms with Crippen molar-refractivity contribution in [2.45, 2.75) is 45.4 Å². The van der Waals surface area contributed by atoms with Crippen molar-refractivity contribution >= 4 is 5.91 Å². The lowest BCUT2D eigenvalue weighted by molar-refractivity contribution is -0.123. The second kappa shape index (κ2) is 10.5. The van der Waals surface area contributed by atoms with Crippen molar-refractivity contribution in [2.24, 2.45) is 0 Å². The van der Waals surface area contributed by atoms with Crippen molar-refractivity contribution in [2.75, 3.05) is 14.1 Å². The van der Waals surface area contributed by atoms with Gasteiger partial charge in [-0.1, -0.05) is 50.8 Å². The summed E-state index contributed by atoms with van der Waals surface area (Å²) in [6.45, 7) is 2.23. The summed E-state index contributed by atoms with van der Waals surface area (Å²) < 4.78 is 0. The fraction of sp³-hybridized carbons (Fsp3) is 0.643. The molecule has 2 nitrogen and oxygen atoms in total. The van der Waals surface area contributed by atoms with Crippen molar-refractivity contribution in [1.82, 2.24) is 4.90 Å². The van der Waals surface area contributed by atoms with Crippen LogP contribution in [0, 0.1) is 0 Å². The van der Waals surface area contributed by atoms with Crippen LogP contribution in [0.4, 0.5) is 0 Å². The fourth-order valence-corrected chi connectivity index (χ4v) is 1.33. The van der Waals surface area contributed by atoms with E-state index in [1.54, 1.807) is 25.1 Å². The van der Waals surface area contributed by atoms with Gasteiger partial charge in [0.2, 0.25) is 5.91 Å². The Morgan fingerprint density at radius 2 is 1.75 bits per heavy atom. The molecule has 0 aliphatic heterocycles. The molecule has 0 aliphatic carbocycles. The molecule has 0 fully saturated rings. The van der Waals surface area contributed by atoms with Crippen LogP contribution in [0.25, 0.3) is 0 Å². The van der Waals surface area contributed by atoms with E-state index in [4.69, 9.17) is 0 Å². The van der Waals surface area contributed by atoms with Crippen LogP contribution in [-0.4, -0.2) is 24.9 Å². The van der Waals surface area contributed by atoms with E-state index in [2.05, 4.69) is 13.0 Å². The average molecular weight is 223 g/mol. The molecule has 16 heavy (non-hydrogen) atoms. The van der Waals surface area contributed by atoms with Crippen LogP contribution in [0.1, 0.15) is 45.4 Å². The average Bonchev–Trinajstić information content (AvgIpc) is 2.26. The highest BCUT2D eigenvalue weighted by Crippen LogP contribution is 2.05. The molecular weight excluding hydrogens is 198 g/mol. The highest BCUT2D eigenvalue weighted by Gasteiger charge is 1.94. The van der Waals surface area contributed by atoms with Crippen LogP contribution < -0.4 is 0 Å². The summed E-state index contributed by atoms with van der Waals surface area (Å²) in [7, 11) is 3.51. The Balaban J connectivity index is 3.44. The molecule has 0 aliphatic rings. The number of unbranched alkanes of at least 4 members (excludes halogenated alkanes) is 5. The Morgan fingerprint density at radius 3 is 2.38 bits per heavy atom. The van der Waals surface area contributed by atoms with E-state index in [0.29, 0.717) is 0 Å². The molecule has 0 radical (unpaired) electrons. The molecule has 0 aromatic rings. The van der Waals surface area contributed by atoms with Gasteiger partial charge >= 0.3 is 0 Å². The van der Waals surface area contributed by atoms with Gasteiger partial charge in [-0.2, -0.15) is 0 Å². The molecule has 0 N–H and O–H groups in total. The van der Waals surface area contributed by atoms with Crippen LogP contribution in [0.2, 0.25) is 0 Å². The summed E-state index contributed by atoms with van der Waals surface area (Å²) in [5.74, 6) is 0.0348. The maximum atomic E-state index is 11.2. The molecule has 92 valence electrons. The molecule has 1 amide bonds. The van der Waals surface area contributed by atoms with Crippen molar-refractivity contribution in [3.8, 4) is 0 Å². The highest BCUT2D eigenvalue weighted by atomic mass is 16.2. The lowest BCUT2D eigenvalue weighted by Gasteiger charge is -2.04. The molecule has 2 heteroatoms. The molecule has 0 spiro atoms. The van der Waals surface area contributed by atoms with Gasteiger partial charge in [0.05, 0.1) is 0 Å². The van der Waals surface area contributed by atoms with E-state index in [-0.39, 0.29) is 5.91 Å². The van der Waals surface area contributed by atoms with Gasteiger partial charge in [-0.05, 0) is 12.8 Å². The maximum absolute atomic E-state index is 11.2. The number of amides is 1. The van der Waals surface area contributed by atoms with Crippen molar-refractivity contribution in [1.29, 1.82) is 0 Å². The Morgan fingerprint density at radius 1 is 1.06 bits per heavy atom. The Bertz CT molecular complexity index is 229. The third-order valence-electron chi connectivity index (χ3n) is 2.40. The van der Waals surface area contributed by atoms with Crippen LogP contribution >= 0.6 is 0 Å². The van der Waals surface area contributed by atoms with Crippen molar-refractivity contribution in [3.05, 3.63) is 24.3 Å². The molecule has 0 saturated carbocycles. The number of nitrogens with zero attached hydrogens (tertiary/aromatic N) is 1. The first-order chi connectivity index (χ1) is 7.68. The lowest BCUT2D eigenvalue weighted by Crippen LogP contribution is -2.18. The standard InChI is InChI=1S/C14H25NO/c1-4-5-6-7-8-9-10-11-12-13-14(16)15(2)3/h10-13H,4-9H2,1-3H3. The number of hydrogen-bond acceptors (Lipinski definition) is 1. The number of hydrogen-bond donors (Lipinski definition) is 0. The number of rotatable bonds is 8. The summed E-state index contributed by atoms with van der Waals surface area (Å²) in [6, 6.07) is 0. The molecule has 0 aromatic carbocycles. The second-order valence-corrected chi connectivity index (χ2v) is 4.22. The van der Waals surface area contributed by atoms with E-state index in [0.717, 1.165) is 6.42 Å². The topological polar surface area (TPSA) is 20.3 Å². The quantitative estimate of drug-likeness (QED) is 0.350. The number of carbonyl (C=O) groups excluding carboxylic acids is 1. The largest absolute Gasteiger partial charge is 0.345 e. The van der Waals surface area contributed by atoms with Gasteiger partial charge in [-0.25, -0.2) is 0 Å². The first-order valence-electron chi connectivity index (χ1n) is 6.23. The summed E-state index contributed by atoms with van der Waals surface area (Å²) in [5, 5.41) is 0. The van der Waals surface area contributed by atoms with E-state index in [1.807, 2.05) is 12.2 Å². The number of allylic oxidation sites excluding steroid dienone is 3. The zero-order chi connectivity index (χ0) is 12.2. The Hall–Kier alpha value is -1.05. The monoisotopic (exact) mass is 223 g/mol. The van der Waals surface area contributed by atoms with Crippen molar-refractivity contribution < 1.29 is 4.79 Å². The maximum Gasteiger partial charge on any atom is 0.246 e. The Kier molecular flexibility index (Phi) is 9.78. The van der Waals surface area contributed by atoms with Crippen LogP contribution in [0.15, 0.2) is 24.3 Å². The zero-order valence-corrected chi connectivity index (χ0v) is 10.9.